The van der Waals surface area contributed by atoms with Crippen LogP contribution in [0.5, 0.6) is 5.75 Å². The monoisotopic (exact) mass is 869 g/mol. The molecule has 5 aromatic rings. The molecule has 0 aromatic heterocycles. The molecule has 0 saturated heterocycles. The average molecular weight is 870 g/mol. The van der Waals surface area contributed by atoms with Crippen molar-refractivity contribution in [1.82, 2.24) is 0 Å². The number of ether oxygens (including phenoxy) is 1. The standard InChI is InChI=1S/C12H16.C11H14.C10H12.C10H10.C9H10O.HI.K/c1-10-6-2-3-7-11-8-4-5-9-12(10)11;1-9-5-4-7-10-6-2-3-8-11(9)10;1-8-6-7-9-4-2-3-5-10(8)9;1-8(2)10-7-5-4-6-9(10)3;1-7-6-10-9-5-3-2-4-8(7)9;;/h4-5,8-10H,2-3,6-7H2,1H3;2-3,6,8-9H,4-5,7H2,1H3;2-5,8H,6-7H2,1H3;1,4-7H,3H2,2H3;2-5,7H,6H2,1H3;1H;/q;;;-2;;;+1. The Morgan fingerprint density at radius 2 is 0.964 bits per heavy atom. The number of hydrogen-bond acceptors (Lipinski definition) is 1. The Balaban J connectivity index is 0.000000183. The molecule has 0 saturated carbocycles. The van der Waals surface area contributed by atoms with Crippen molar-refractivity contribution in [2.75, 3.05) is 6.61 Å². The molecule has 1 nitrogen and oxygen atoms in total. The number of halogens is 1. The van der Waals surface area contributed by atoms with Crippen LogP contribution in [0.4, 0.5) is 0 Å². The van der Waals surface area contributed by atoms with Gasteiger partial charge in [0.2, 0.25) is 0 Å². The van der Waals surface area contributed by atoms with E-state index < -0.39 is 0 Å². The van der Waals surface area contributed by atoms with Crippen LogP contribution in [0.3, 0.4) is 0 Å². The van der Waals surface area contributed by atoms with E-state index in [1.165, 1.54) is 63.4 Å². The van der Waals surface area contributed by atoms with Crippen molar-refractivity contribution in [2.45, 2.75) is 116 Å². The van der Waals surface area contributed by atoms with Crippen LogP contribution in [0.15, 0.2) is 121 Å². The summed E-state index contributed by atoms with van der Waals surface area (Å²) in [6.45, 7) is 21.3. The molecule has 0 fully saturated rings. The second kappa shape index (κ2) is 24.6. The zero-order chi connectivity index (χ0) is 37.6. The number of rotatable bonds is 1. The third-order valence-electron chi connectivity index (χ3n) is 11.4. The van der Waals surface area contributed by atoms with Gasteiger partial charge in [-0.3, -0.25) is 6.58 Å². The molecule has 55 heavy (non-hydrogen) atoms. The van der Waals surface area contributed by atoms with Gasteiger partial charge in [0.15, 0.2) is 0 Å². The van der Waals surface area contributed by atoms with Crippen LogP contribution in [0.1, 0.15) is 147 Å². The van der Waals surface area contributed by atoms with Crippen LogP contribution >= 0.6 is 24.0 Å². The number of benzene rings is 5. The van der Waals surface area contributed by atoms with Crippen molar-refractivity contribution < 1.29 is 56.1 Å². The van der Waals surface area contributed by atoms with E-state index in [-0.39, 0.29) is 75.4 Å². The zero-order valence-electron chi connectivity index (χ0n) is 34.5. The van der Waals surface area contributed by atoms with Gasteiger partial charge in [0.25, 0.3) is 0 Å². The molecule has 9 rings (SSSR count). The van der Waals surface area contributed by atoms with Crippen LogP contribution < -0.4 is 56.1 Å². The number of fused-ring (bicyclic) bond motifs is 4. The summed E-state index contributed by atoms with van der Waals surface area (Å²) in [5.74, 6) is 4.02. The minimum atomic E-state index is 0. The van der Waals surface area contributed by atoms with Gasteiger partial charge in [0, 0.05) is 11.5 Å². The number of hydrogen-bond donors (Lipinski definition) is 0. The fourth-order valence-electron chi connectivity index (χ4n) is 8.16. The van der Waals surface area contributed by atoms with Crippen LogP contribution in [0.2, 0.25) is 0 Å². The number of allylic oxidation sites excluding steroid dienone is 1. The molecule has 5 aromatic carbocycles. The summed E-state index contributed by atoms with van der Waals surface area (Å²) in [6, 6.07) is 42.6. The minimum absolute atomic E-state index is 0. The summed E-state index contributed by atoms with van der Waals surface area (Å²) >= 11 is 0. The van der Waals surface area contributed by atoms with Crippen molar-refractivity contribution in [3.8, 4) is 5.75 Å². The van der Waals surface area contributed by atoms with Crippen LogP contribution in [-0.4, -0.2) is 6.61 Å². The van der Waals surface area contributed by atoms with Gasteiger partial charge >= 0.3 is 51.4 Å². The maximum atomic E-state index is 5.59. The van der Waals surface area contributed by atoms with Gasteiger partial charge in [-0.05, 0) is 109 Å². The SMILES string of the molecule is CC1CCCCc2ccccc21.CC1CCCc2ccccc21.CC1CCc2ccccc21.CC1COc2ccccc21.I.[CH-]=C(C)c1ccccc1[CH2-].[K+]. The summed E-state index contributed by atoms with van der Waals surface area (Å²) in [5.41, 5.74) is 13.7. The Labute approximate surface area is 394 Å². The van der Waals surface area contributed by atoms with Gasteiger partial charge in [-0.25, -0.2) is 0 Å². The maximum absolute atomic E-state index is 5.59. The normalized spacial score (nSPS) is 19.4. The average Bonchev–Trinajstić information content (AvgIpc) is 3.70. The molecular formula is C52H63IKO-. The predicted octanol–water partition coefficient (Wildman–Crippen LogP) is 11.9. The third-order valence-corrected chi connectivity index (χ3v) is 11.4. The first-order valence-corrected chi connectivity index (χ1v) is 20.2. The van der Waals surface area contributed by atoms with Gasteiger partial charge in [0.1, 0.15) is 5.75 Å². The van der Waals surface area contributed by atoms with E-state index in [0.29, 0.717) is 5.92 Å². The smallest absolute Gasteiger partial charge is 0.493 e. The van der Waals surface area contributed by atoms with E-state index >= 15 is 0 Å². The minimum Gasteiger partial charge on any atom is -0.493 e. The van der Waals surface area contributed by atoms with E-state index in [9.17, 15) is 0 Å². The van der Waals surface area contributed by atoms with Gasteiger partial charge < -0.3 is 4.74 Å². The predicted molar refractivity (Wildman–Crippen MR) is 243 cm³/mol. The second-order valence-corrected chi connectivity index (χ2v) is 15.6. The topological polar surface area (TPSA) is 9.23 Å². The molecule has 1 aliphatic heterocycles. The van der Waals surface area contributed by atoms with Crippen molar-refractivity contribution in [3.63, 3.8) is 0 Å². The van der Waals surface area contributed by atoms with Gasteiger partial charge in [0.05, 0.1) is 6.61 Å². The molecule has 0 radical (unpaired) electrons. The quantitative estimate of drug-likeness (QED) is 0.0706. The molecule has 4 atom stereocenters. The van der Waals surface area contributed by atoms with Crippen molar-refractivity contribution in [3.05, 3.63) is 185 Å². The third kappa shape index (κ3) is 14.0. The van der Waals surface area contributed by atoms with E-state index in [2.05, 4.69) is 120 Å². The molecular weight excluding hydrogens is 807 g/mol. The maximum Gasteiger partial charge on any atom is 1.00 e. The summed E-state index contributed by atoms with van der Waals surface area (Å²) in [5, 5.41) is 0. The Morgan fingerprint density at radius 3 is 1.47 bits per heavy atom. The van der Waals surface area contributed by atoms with E-state index in [1.54, 1.807) is 33.4 Å². The van der Waals surface area contributed by atoms with Crippen LogP contribution in [0, 0.1) is 13.5 Å². The second-order valence-electron chi connectivity index (χ2n) is 15.6. The van der Waals surface area contributed by atoms with Gasteiger partial charge in [-0.1, -0.05) is 138 Å². The molecule has 3 aliphatic carbocycles. The van der Waals surface area contributed by atoms with E-state index in [0.717, 1.165) is 46.8 Å². The molecule has 1 heterocycles. The summed E-state index contributed by atoms with van der Waals surface area (Å²) in [6.07, 6.45) is 12.1. The van der Waals surface area contributed by atoms with E-state index in [4.69, 9.17) is 11.3 Å². The van der Waals surface area contributed by atoms with Crippen molar-refractivity contribution >= 4 is 29.5 Å². The van der Waals surface area contributed by atoms with Gasteiger partial charge in [-0.15, -0.1) is 41.7 Å². The first kappa shape index (κ1) is 47.3. The van der Waals surface area contributed by atoms with Crippen molar-refractivity contribution in [2.24, 2.45) is 0 Å². The van der Waals surface area contributed by atoms with E-state index in [1.807, 2.05) is 43.3 Å². The molecule has 0 spiro atoms. The summed E-state index contributed by atoms with van der Waals surface area (Å²) in [4.78, 5) is 0. The number of aryl methyl sites for hydroxylation is 3. The Morgan fingerprint density at radius 1 is 0.527 bits per heavy atom. The first-order valence-electron chi connectivity index (χ1n) is 20.2. The molecule has 0 amide bonds. The fourth-order valence-corrected chi connectivity index (χ4v) is 8.16. The number of para-hydroxylation sites is 1. The Hall–Kier alpha value is -2.12. The largest absolute Gasteiger partial charge is 1.00 e. The summed E-state index contributed by atoms with van der Waals surface area (Å²) in [7, 11) is 0. The van der Waals surface area contributed by atoms with Crippen LogP contribution in [0.25, 0.3) is 5.57 Å². The molecule has 4 unspecified atom stereocenters. The fraction of sp³-hybridized carbons (Fsp3) is 0.365. The van der Waals surface area contributed by atoms with Gasteiger partial charge in [-0.2, -0.15) is 24.1 Å². The summed E-state index contributed by atoms with van der Waals surface area (Å²) < 4.78 is 5.41. The van der Waals surface area contributed by atoms with Crippen LogP contribution in [-0.2, 0) is 19.3 Å². The molecule has 286 valence electrons. The molecule has 0 N–H and O–H groups in total. The molecule has 0 bridgehead atoms. The van der Waals surface area contributed by atoms with Crippen molar-refractivity contribution in [1.29, 1.82) is 0 Å². The molecule has 3 heteroatoms. The zero-order valence-corrected chi connectivity index (χ0v) is 40.0. The Kier molecular flexibility index (Phi) is 21.1. The first-order chi connectivity index (χ1) is 25.7. The molecule has 4 aliphatic rings. The Bertz CT molecular complexity index is 1840.